The number of carbonyl (C=O) groups is 2. The minimum absolute atomic E-state index is 0.0410. The van der Waals surface area contributed by atoms with E-state index in [1.54, 1.807) is 25.1 Å². The highest BCUT2D eigenvalue weighted by Gasteiger charge is 2.49. The van der Waals surface area contributed by atoms with Gasteiger partial charge in [0.05, 0.1) is 6.54 Å². The Balaban J connectivity index is 1.43. The van der Waals surface area contributed by atoms with Crippen LogP contribution in [0.25, 0.3) is 0 Å². The van der Waals surface area contributed by atoms with E-state index in [2.05, 4.69) is 5.32 Å². The standard InChI is InChI=1S/C22H24N2O6/c1-13-6-14(2)8-17(7-13)28-11-16(25)10-24-20(26)22(3,23-21(24)27)15-4-5-18-19(9-15)30-12-29-18/h4-9,16,25H,10-12H2,1-3H3,(H,23,27)/t16-,22-/m1/s1. The van der Waals surface area contributed by atoms with Crippen LogP contribution in [0.5, 0.6) is 17.2 Å². The lowest BCUT2D eigenvalue weighted by molar-refractivity contribution is -0.132. The number of hydrogen-bond acceptors (Lipinski definition) is 6. The van der Waals surface area contributed by atoms with Gasteiger partial charge in [-0.3, -0.25) is 9.69 Å². The Labute approximate surface area is 174 Å². The van der Waals surface area contributed by atoms with Crippen molar-refractivity contribution in [2.75, 3.05) is 19.9 Å². The Kier molecular flexibility index (Phi) is 5.03. The van der Waals surface area contributed by atoms with Crippen molar-refractivity contribution in [2.24, 2.45) is 0 Å². The molecule has 2 aliphatic rings. The number of fused-ring (bicyclic) bond motifs is 1. The number of aryl methyl sites for hydroxylation is 2. The monoisotopic (exact) mass is 412 g/mol. The molecule has 0 bridgehead atoms. The second kappa shape index (κ2) is 7.53. The number of carbonyl (C=O) groups excluding carboxylic acids is 2. The van der Waals surface area contributed by atoms with Crippen molar-refractivity contribution in [3.8, 4) is 17.2 Å². The fourth-order valence-corrected chi connectivity index (χ4v) is 3.74. The summed E-state index contributed by atoms with van der Waals surface area (Å²) in [5.41, 5.74) is 1.42. The van der Waals surface area contributed by atoms with Crippen LogP contribution in [0.15, 0.2) is 36.4 Å². The number of nitrogens with zero attached hydrogens (tertiary/aromatic N) is 1. The molecule has 0 unspecified atom stereocenters. The van der Waals surface area contributed by atoms with Gasteiger partial charge in [0.1, 0.15) is 24.0 Å². The number of benzene rings is 2. The van der Waals surface area contributed by atoms with Crippen LogP contribution in [0.1, 0.15) is 23.6 Å². The lowest BCUT2D eigenvalue weighted by Gasteiger charge is -2.23. The molecule has 0 saturated carbocycles. The van der Waals surface area contributed by atoms with Gasteiger partial charge in [-0.15, -0.1) is 0 Å². The van der Waals surface area contributed by atoms with Gasteiger partial charge in [-0.2, -0.15) is 0 Å². The SMILES string of the molecule is Cc1cc(C)cc(OC[C@H](O)CN2C(=O)N[C@](C)(c3ccc4c(c3)OCO4)C2=O)c1. The van der Waals surface area contributed by atoms with Crippen LogP contribution in [-0.4, -0.2) is 48.0 Å². The molecule has 2 heterocycles. The first kappa shape index (κ1) is 20.0. The summed E-state index contributed by atoms with van der Waals surface area (Å²) in [6.07, 6.45) is -1.03. The lowest BCUT2D eigenvalue weighted by Crippen LogP contribution is -2.42. The summed E-state index contributed by atoms with van der Waals surface area (Å²) in [4.78, 5) is 26.6. The largest absolute Gasteiger partial charge is 0.491 e. The molecule has 158 valence electrons. The Hall–Kier alpha value is -3.26. The predicted octanol–water partition coefficient (Wildman–Crippen LogP) is 2.24. The third kappa shape index (κ3) is 3.66. The Morgan fingerprint density at radius 2 is 1.83 bits per heavy atom. The molecule has 1 fully saturated rings. The quantitative estimate of drug-likeness (QED) is 0.707. The molecular weight excluding hydrogens is 388 g/mol. The van der Waals surface area contributed by atoms with E-state index < -0.39 is 23.6 Å². The van der Waals surface area contributed by atoms with Crippen molar-refractivity contribution in [2.45, 2.75) is 32.4 Å². The highest BCUT2D eigenvalue weighted by Crippen LogP contribution is 2.37. The molecule has 2 aliphatic heterocycles. The van der Waals surface area contributed by atoms with Crippen molar-refractivity contribution in [3.63, 3.8) is 0 Å². The molecular formula is C22H24N2O6. The predicted molar refractivity (Wildman–Crippen MR) is 108 cm³/mol. The lowest BCUT2D eigenvalue weighted by atomic mass is 9.91. The third-order valence-corrected chi connectivity index (χ3v) is 5.26. The molecule has 2 aromatic carbocycles. The number of hydrogen-bond donors (Lipinski definition) is 2. The van der Waals surface area contributed by atoms with Gasteiger partial charge >= 0.3 is 6.03 Å². The first-order valence-corrected chi connectivity index (χ1v) is 9.69. The number of β-amino-alcohol motifs (C(OH)–C–C–N with tert-alkyl or cyclic N) is 1. The van der Waals surface area contributed by atoms with Gasteiger partial charge in [0.25, 0.3) is 5.91 Å². The van der Waals surface area contributed by atoms with Crippen molar-refractivity contribution in [3.05, 3.63) is 53.1 Å². The molecule has 8 heteroatoms. The summed E-state index contributed by atoms with van der Waals surface area (Å²) >= 11 is 0. The third-order valence-electron chi connectivity index (χ3n) is 5.26. The normalized spacial score (nSPS) is 21.0. The van der Waals surface area contributed by atoms with Gasteiger partial charge in [-0.05, 0) is 61.7 Å². The molecule has 2 N–H and O–H groups in total. The van der Waals surface area contributed by atoms with E-state index in [0.29, 0.717) is 22.8 Å². The van der Waals surface area contributed by atoms with Crippen LogP contribution in [0.4, 0.5) is 4.79 Å². The zero-order valence-corrected chi connectivity index (χ0v) is 17.1. The fourth-order valence-electron chi connectivity index (χ4n) is 3.74. The average molecular weight is 412 g/mol. The smallest absolute Gasteiger partial charge is 0.325 e. The van der Waals surface area contributed by atoms with Crippen molar-refractivity contribution >= 4 is 11.9 Å². The minimum atomic E-state index is -1.26. The van der Waals surface area contributed by atoms with Crippen molar-refractivity contribution in [1.29, 1.82) is 0 Å². The van der Waals surface area contributed by atoms with E-state index in [4.69, 9.17) is 14.2 Å². The first-order valence-electron chi connectivity index (χ1n) is 9.69. The van der Waals surface area contributed by atoms with Crippen LogP contribution in [0.2, 0.25) is 0 Å². The molecule has 8 nitrogen and oxygen atoms in total. The van der Waals surface area contributed by atoms with Gasteiger partial charge < -0.3 is 24.6 Å². The summed E-state index contributed by atoms with van der Waals surface area (Å²) in [6.45, 7) is 5.45. The maximum absolute atomic E-state index is 13.1. The number of rotatable bonds is 6. The van der Waals surface area contributed by atoms with Gasteiger partial charge in [0.15, 0.2) is 11.5 Å². The van der Waals surface area contributed by atoms with Crippen LogP contribution >= 0.6 is 0 Å². The molecule has 30 heavy (non-hydrogen) atoms. The molecule has 2 atom stereocenters. The highest BCUT2D eigenvalue weighted by atomic mass is 16.7. The van der Waals surface area contributed by atoms with Gasteiger partial charge in [0, 0.05) is 0 Å². The summed E-state index contributed by atoms with van der Waals surface area (Å²) in [5.74, 6) is 1.30. The zero-order chi connectivity index (χ0) is 21.5. The number of imide groups is 1. The maximum atomic E-state index is 13.1. The topological polar surface area (TPSA) is 97.3 Å². The molecule has 0 spiro atoms. The van der Waals surface area contributed by atoms with Crippen LogP contribution in [0, 0.1) is 13.8 Å². The molecule has 0 radical (unpaired) electrons. The first-order chi connectivity index (χ1) is 14.3. The molecule has 0 aliphatic carbocycles. The molecule has 4 rings (SSSR count). The second-order valence-corrected chi connectivity index (χ2v) is 7.83. The average Bonchev–Trinajstić information content (AvgIpc) is 3.24. The number of nitrogens with one attached hydrogen (secondary N) is 1. The van der Waals surface area contributed by atoms with E-state index in [1.165, 1.54) is 0 Å². The molecule has 3 amide bonds. The van der Waals surface area contributed by atoms with Gasteiger partial charge in [-0.1, -0.05) is 12.1 Å². The highest BCUT2D eigenvalue weighted by molar-refractivity contribution is 6.07. The molecule has 2 aromatic rings. The minimum Gasteiger partial charge on any atom is -0.491 e. The van der Waals surface area contributed by atoms with E-state index in [0.717, 1.165) is 16.0 Å². The Morgan fingerprint density at radius 3 is 2.57 bits per heavy atom. The zero-order valence-electron chi connectivity index (χ0n) is 17.1. The summed E-state index contributed by atoms with van der Waals surface area (Å²) in [5, 5.41) is 13.1. The Bertz CT molecular complexity index is 987. The number of aliphatic hydroxyl groups is 1. The van der Waals surface area contributed by atoms with E-state index >= 15 is 0 Å². The van der Waals surface area contributed by atoms with Crippen LogP contribution in [-0.2, 0) is 10.3 Å². The summed E-state index contributed by atoms with van der Waals surface area (Å²) in [7, 11) is 0. The maximum Gasteiger partial charge on any atom is 0.325 e. The van der Waals surface area contributed by atoms with Crippen LogP contribution in [0.3, 0.4) is 0 Å². The molecule has 0 aromatic heterocycles. The number of amides is 3. The molecule has 1 saturated heterocycles. The van der Waals surface area contributed by atoms with Gasteiger partial charge in [-0.25, -0.2) is 4.79 Å². The summed E-state index contributed by atoms with van der Waals surface area (Å²) in [6, 6.07) is 10.3. The van der Waals surface area contributed by atoms with E-state index in [1.807, 2.05) is 32.0 Å². The van der Waals surface area contributed by atoms with Crippen molar-refractivity contribution < 1.29 is 28.9 Å². The number of aliphatic hydroxyl groups excluding tert-OH is 1. The van der Waals surface area contributed by atoms with Gasteiger partial charge in [0.2, 0.25) is 6.79 Å². The fraction of sp³-hybridized carbons (Fsp3) is 0.364. The van der Waals surface area contributed by atoms with E-state index in [-0.39, 0.29) is 19.9 Å². The Morgan fingerprint density at radius 1 is 1.13 bits per heavy atom. The van der Waals surface area contributed by atoms with E-state index in [9.17, 15) is 14.7 Å². The second-order valence-electron chi connectivity index (χ2n) is 7.83. The summed E-state index contributed by atoms with van der Waals surface area (Å²) < 4.78 is 16.3. The van der Waals surface area contributed by atoms with Crippen molar-refractivity contribution in [1.82, 2.24) is 10.2 Å². The number of urea groups is 1. The van der Waals surface area contributed by atoms with Crippen LogP contribution < -0.4 is 19.5 Å². The number of ether oxygens (including phenoxy) is 3.